The highest BCUT2D eigenvalue weighted by atomic mass is 16.5. The van der Waals surface area contributed by atoms with Crippen LogP contribution in [0.4, 0.5) is 10.5 Å². The van der Waals surface area contributed by atoms with Gasteiger partial charge in [0.05, 0.1) is 25.5 Å². The van der Waals surface area contributed by atoms with Gasteiger partial charge in [-0.15, -0.1) is 0 Å². The molecule has 0 aromatic heterocycles. The van der Waals surface area contributed by atoms with Crippen molar-refractivity contribution in [3.8, 4) is 0 Å². The number of morpholine rings is 1. The average molecular weight is 291 g/mol. The molecule has 0 radical (unpaired) electrons. The molecule has 2 rings (SSSR count). The van der Waals surface area contributed by atoms with Gasteiger partial charge in [-0.1, -0.05) is 12.1 Å². The Kier molecular flexibility index (Phi) is 5.57. The first-order valence-corrected chi connectivity index (χ1v) is 7.11. The van der Waals surface area contributed by atoms with E-state index in [-0.39, 0.29) is 0 Å². The molecule has 0 unspecified atom stereocenters. The smallest absolute Gasteiger partial charge is 0.427 e. The predicted molar refractivity (Wildman–Crippen MR) is 81.8 cm³/mol. The molecule has 6 heteroatoms. The Morgan fingerprint density at radius 1 is 1.33 bits per heavy atom. The summed E-state index contributed by atoms with van der Waals surface area (Å²) in [7, 11) is 0. The van der Waals surface area contributed by atoms with Gasteiger partial charge in [0.15, 0.2) is 0 Å². The SMILES string of the molecule is CCOC(=O)N/N=C(/C)c1ccc(N2CCOCC2)cc1. The maximum absolute atomic E-state index is 11.2. The first-order chi connectivity index (χ1) is 10.2. The molecular formula is C15H21N3O3. The lowest BCUT2D eigenvalue weighted by atomic mass is 10.1. The summed E-state index contributed by atoms with van der Waals surface area (Å²) in [6.45, 7) is 7.29. The van der Waals surface area contributed by atoms with Crippen molar-refractivity contribution in [2.45, 2.75) is 13.8 Å². The summed E-state index contributed by atoms with van der Waals surface area (Å²) in [6.07, 6.45) is -0.540. The molecule has 1 fully saturated rings. The summed E-state index contributed by atoms with van der Waals surface area (Å²) in [5.74, 6) is 0. The number of benzene rings is 1. The van der Waals surface area contributed by atoms with Crippen LogP contribution < -0.4 is 10.3 Å². The minimum absolute atomic E-state index is 0.328. The highest BCUT2D eigenvalue weighted by Gasteiger charge is 2.11. The van der Waals surface area contributed by atoms with Gasteiger partial charge in [-0.2, -0.15) is 5.10 Å². The van der Waals surface area contributed by atoms with E-state index >= 15 is 0 Å². The normalized spacial score (nSPS) is 15.7. The summed E-state index contributed by atoms with van der Waals surface area (Å²) in [4.78, 5) is 13.5. The first-order valence-electron chi connectivity index (χ1n) is 7.11. The number of hydrogen-bond donors (Lipinski definition) is 1. The van der Waals surface area contributed by atoms with E-state index in [1.807, 2.05) is 19.1 Å². The van der Waals surface area contributed by atoms with Crippen LogP contribution in [0.1, 0.15) is 19.4 Å². The van der Waals surface area contributed by atoms with Crippen molar-refractivity contribution in [3.63, 3.8) is 0 Å². The maximum atomic E-state index is 11.2. The van der Waals surface area contributed by atoms with Crippen LogP contribution >= 0.6 is 0 Å². The lowest BCUT2D eigenvalue weighted by Crippen LogP contribution is -2.36. The number of nitrogens with one attached hydrogen (secondary N) is 1. The van der Waals surface area contributed by atoms with E-state index in [4.69, 9.17) is 9.47 Å². The summed E-state index contributed by atoms with van der Waals surface area (Å²) >= 11 is 0. The molecule has 1 N–H and O–H groups in total. The fourth-order valence-electron chi connectivity index (χ4n) is 2.09. The molecule has 0 saturated carbocycles. The Balaban J connectivity index is 1.97. The molecular weight excluding hydrogens is 270 g/mol. The number of anilines is 1. The molecule has 21 heavy (non-hydrogen) atoms. The molecule has 114 valence electrons. The van der Waals surface area contributed by atoms with Crippen molar-refractivity contribution in [3.05, 3.63) is 29.8 Å². The number of nitrogens with zero attached hydrogens (tertiary/aromatic N) is 2. The van der Waals surface area contributed by atoms with Gasteiger partial charge in [0, 0.05) is 18.8 Å². The Labute approximate surface area is 124 Å². The second-order valence-electron chi connectivity index (χ2n) is 4.68. The van der Waals surface area contributed by atoms with E-state index in [9.17, 15) is 4.79 Å². The van der Waals surface area contributed by atoms with Crippen LogP contribution in [0, 0.1) is 0 Å². The van der Waals surface area contributed by atoms with Crippen molar-refractivity contribution in [2.24, 2.45) is 5.10 Å². The standard InChI is InChI=1S/C15H21N3O3/c1-3-21-15(19)17-16-12(2)13-4-6-14(7-5-13)18-8-10-20-11-9-18/h4-7H,3,8-11H2,1-2H3,(H,17,19)/b16-12-. The molecule has 0 atom stereocenters. The molecule has 1 aliphatic heterocycles. The van der Waals surface area contributed by atoms with Crippen LogP contribution in [0.15, 0.2) is 29.4 Å². The van der Waals surface area contributed by atoms with Crippen LogP contribution in [0.3, 0.4) is 0 Å². The first kappa shape index (κ1) is 15.3. The number of hydrazone groups is 1. The summed E-state index contributed by atoms with van der Waals surface area (Å²) in [5.41, 5.74) is 5.23. The Morgan fingerprint density at radius 2 is 2.00 bits per heavy atom. The largest absolute Gasteiger partial charge is 0.449 e. The Bertz CT molecular complexity index is 493. The number of rotatable bonds is 4. The van der Waals surface area contributed by atoms with Gasteiger partial charge in [-0.25, -0.2) is 10.2 Å². The van der Waals surface area contributed by atoms with Crippen LogP contribution in [0.5, 0.6) is 0 Å². The molecule has 1 aromatic carbocycles. The molecule has 1 heterocycles. The van der Waals surface area contributed by atoms with E-state index in [1.54, 1.807) is 6.92 Å². The Morgan fingerprint density at radius 3 is 2.62 bits per heavy atom. The van der Waals surface area contributed by atoms with Crippen molar-refractivity contribution in [1.82, 2.24) is 5.43 Å². The zero-order valence-electron chi connectivity index (χ0n) is 12.5. The fraction of sp³-hybridized carbons (Fsp3) is 0.467. The summed E-state index contributed by atoms with van der Waals surface area (Å²) in [5, 5.41) is 4.01. The van der Waals surface area contributed by atoms with Crippen LogP contribution in [-0.4, -0.2) is 44.7 Å². The topological polar surface area (TPSA) is 63.2 Å². The molecule has 0 bridgehead atoms. The Hall–Kier alpha value is -2.08. The van der Waals surface area contributed by atoms with E-state index in [0.717, 1.165) is 37.6 Å². The number of hydrogen-bond acceptors (Lipinski definition) is 5. The number of amides is 1. The summed E-state index contributed by atoms with van der Waals surface area (Å²) < 4.78 is 10.1. The lowest BCUT2D eigenvalue weighted by Gasteiger charge is -2.28. The highest BCUT2D eigenvalue weighted by molar-refractivity contribution is 5.99. The van der Waals surface area contributed by atoms with Gasteiger partial charge in [0.2, 0.25) is 0 Å². The zero-order chi connectivity index (χ0) is 15.1. The average Bonchev–Trinajstić information content (AvgIpc) is 2.54. The molecule has 1 aliphatic rings. The fourth-order valence-corrected chi connectivity index (χ4v) is 2.09. The van der Waals surface area contributed by atoms with Crippen molar-refractivity contribution >= 4 is 17.5 Å². The number of ether oxygens (including phenoxy) is 2. The van der Waals surface area contributed by atoms with Crippen molar-refractivity contribution < 1.29 is 14.3 Å². The van der Waals surface area contributed by atoms with Gasteiger partial charge in [0.1, 0.15) is 0 Å². The minimum atomic E-state index is -0.540. The van der Waals surface area contributed by atoms with Gasteiger partial charge in [0.25, 0.3) is 0 Å². The third-order valence-electron chi connectivity index (χ3n) is 3.25. The van der Waals surface area contributed by atoms with E-state index in [1.165, 1.54) is 5.69 Å². The molecule has 1 amide bonds. The molecule has 1 saturated heterocycles. The van der Waals surface area contributed by atoms with Gasteiger partial charge >= 0.3 is 6.09 Å². The van der Waals surface area contributed by atoms with Gasteiger partial charge in [-0.05, 0) is 31.5 Å². The second-order valence-corrected chi connectivity index (χ2v) is 4.68. The second kappa shape index (κ2) is 7.64. The number of carbonyl (C=O) groups is 1. The van der Waals surface area contributed by atoms with Crippen LogP contribution in [0.2, 0.25) is 0 Å². The highest BCUT2D eigenvalue weighted by Crippen LogP contribution is 2.17. The molecule has 6 nitrogen and oxygen atoms in total. The number of carbonyl (C=O) groups excluding carboxylic acids is 1. The summed E-state index contributed by atoms with van der Waals surface area (Å²) in [6, 6.07) is 8.11. The van der Waals surface area contributed by atoms with Crippen LogP contribution in [0.25, 0.3) is 0 Å². The van der Waals surface area contributed by atoms with Crippen molar-refractivity contribution in [1.29, 1.82) is 0 Å². The van der Waals surface area contributed by atoms with Gasteiger partial charge < -0.3 is 14.4 Å². The molecule has 1 aromatic rings. The lowest BCUT2D eigenvalue weighted by molar-refractivity contribution is 0.122. The van der Waals surface area contributed by atoms with Gasteiger partial charge in [-0.3, -0.25) is 0 Å². The predicted octanol–water partition coefficient (Wildman–Crippen LogP) is 1.99. The van der Waals surface area contributed by atoms with E-state index < -0.39 is 6.09 Å². The minimum Gasteiger partial charge on any atom is -0.449 e. The third-order valence-corrected chi connectivity index (χ3v) is 3.25. The quantitative estimate of drug-likeness (QED) is 0.680. The maximum Gasteiger partial charge on any atom is 0.427 e. The third kappa shape index (κ3) is 4.46. The van der Waals surface area contributed by atoms with E-state index in [2.05, 4.69) is 27.6 Å². The zero-order valence-corrected chi connectivity index (χ0v) is 12.5. The van der Waals surface area contributed by atoms with Crippen LogP contribution in [-0.2, 0) is 9.47 Å². The molecule has 0 spiro atoms. The monoisotopic (exact) mass is 291 g/mol. The molecule has 0 aliphatic carbocycles. The van der Waals surface area contributed by atoms with Crippen molar-refractivity contribution in [2.75, 3.05) is 37.8 Å². The van der Waals surface area contributed by atoms with E-state index in [0.29, 0.717) is 6.61 Å².